The Labute approximate surface area is 127 Å². The van der Waals surface area contributed by atoms with Crippen LogP contribution < -0.4 is 11.0 Å². The van der Waals surface area contributed by atoms with Crippen LogP contribution >= 0.6 is 0 Å². The van der Waals surface area contributed by atoms with Gasteiger partial charge in [0.1, 0.15) is 0 Å². The van der Waals surface area contributed by atoms with E-state index in [1.165, 1.54) is 10.6 Å². The lowest BCUT2D eigenvalue weighted by molar-refractivity contribution is 0.00578. The van der Waals surface area contributed by atoms with Crippen molar-refractivity contribution in [2.75, 3.05) is 6.61 Å². The molecule has 0 spiro atoms. The molecule has 0 bridgehead atoms. The van der Waals surface area contributed by atoms with Crippen molar-refractivity contribution in [3.63, 3.8) is 0 Å². The number of hydrogen-bond acceptors (Lipinski definition) is 4. The van der Waals surface area contributed by atoms with Crippen LogP contribution in [-0.4, -0.2) is 34.6 Å². The zero-order chi connectivity index (χ0) is 16.3. The molecule has 0 aliphatic carbocycles. The largest absolute Gasteiger partial charge is 0.495 e. The van der Waals surface area contributed by atoms with Gasteiger partial charge in [0, 0.05) is 18.8 Å². The molecule has 5 nitrogen and oxygen atoms in total. The van der Waals surface area contributed by atoms with Crippen LogP contribution in [0.2, 0.25) is 0 Å². The van der Waals surface area contributed by atoms with Crippen molar-refractivity contribution in [3.05, 3.63) is 28.7 Å². The fourth-order valence-corrected chi connectivity index (χ4v) is 1.94. The highest BCUT2D eigenvalue weighted by atomic mass is 16.7. The van der Waals surface area contributed by atoms with Crippen LogP contribution in [0.1, 0.15) is 41.5 Å². The summed E-state index contributed by atoms with van der Waals surface area (Å²) in [6.45, 7) is 12.1. The molecule has 0 saturated carbocycles. The van der Waals surface area contributed by atoms with Crippen LogP contribution in [0, 0.1) is 0 Å². The summed E-state index contributed by atoms with van der Waals surface area (Å²) in [4.78, 5) is 11.9. The van der Waals surface area contributed by atoms with E-state index < -0.39 is 18.3 Å². The first-order valence-electron chi connectivity index (χ1n) is 7.44. The van der Waals surface area contributed by atoms with Crippen LogP contribution in [0.3, 0.4) is 0 Å². The molecule has 1 aromatic rings. The quantitative estimate of drug-likeness (QED) is 0.850. The lowest BCUT2D eigenvalue weighted by atomic mass is 9.80. The Kier molecular flexibility index (Phi) is 5.79. The molecule has 1 saturated heterocycles. The molecule has 1 N–H and O–H groups in total. The van der Waals surface area contributed by atoms with Gasteiger partial charge in [-0.2, -0.15) is 0 Å². The molecule has 1 aliphatic rings. The molecule has 1 aliphatic heterocycles. The maximum Gasteiger partial charge on any atom is 0.495 e. The molecular formula is C15H26BNO4. The Bertz CT molecular complexity index is 509. The van der Waals surface area contributed by atoms with E-state index in [0.29, 0.717) is 12.0 Å². The number of nitrogens with zero attached hydrogens (tertiary/aromatic N) is 1. The number of hydrogen-bond donors (Lipinski definition) is 1. The molecule has 0 radical (unpaired) electrons. The van der Waals surface area contributed by atoms with Crippen LogP contribution in [0.4, 0.5) is 0 Å². The Hall–Kier alpha value is -1.11. The SMILES string of the molecule is CC.CC1(C)OB(c2ccn(CCO)c(=O)c2)OC1(C)C. The zero-order valence-corrected chi connectivity index (χ0v) is 13.8. The van der Waals surface area contributed by atoms with Crippen molar-refractivity contribution in [1.82, 2.24) is 4.57 Å². The predicted molar refractivity (Wildman–Crippen MR) is 84.9 cm³/mol. The summed E-state index contributed by atoms with van der Waals surface area (Å²) >= 11 is 0. The van der Waals surface area contributed by atoms with Gasteiger partial charge in [-0.25, -0.2) is 0 Å². The maximum atomic E-state index is 11.9. The molecule has 21 heavy (non-hydrogen) atoms. The molecule has 1 aromatic heterocycles. The van der Waals surface area contributed by atoms with Crippen molar-refractivity contribution >= 4 is 12.6 Å². The summed E-state index contributed by atoms with van der Waals surface area (Å²) < 4.78 is 13.2. The fourth-order valence-electron chi connectivity index (χ4n) is 1.94. The van der Waals surface area contributed by atoms with E-state index >= 15 is 0 Å². The Morgan fingerprint density at radius 2 is 1.71 bits per heavy atom. The average molecular weight is 295 g/mol. The first-order valence-corrected chi connectivity index (χ1v) is 7.44. The van der Waals surface area contributed by atoms with E-state index in [0.717, 1.165) is 0 Å². The van der Waals surface area contributed by atoms with E-state index in [1.54, 1.807) is 12.3 Å². The molecule has 2 rings (SSSR count). The van der Waals surface area contributed by atoms with E-state index in [1.807, 2.05) is 41.5 Å². The molecule has 0 aromatic carbocycles. The second-order valence-corrected chi connectivity index (χ2v) is 5.80. The number of aliphatic hydroxyl groups excluding tert-OH is 1. The number of pyridine rings is 1. The Balaban J connectivity index is 0.00000106. The summed E-state index contributed by atoms with van der Waals surface area (Å²) in [5.74, 6) is 0. The highest BCUT2D eigenvalue weighted by Gasteiger charge is 2.51. The Morgan fingerprint density at radius 1 is 1.19 bits per heavy atom. The molecule has 2 heterocycles. The molecule has 6 heteroatoms. The lowest BCUT2D eigenvalue weighted by Gasteiger charge is -2.32. The van der Waals surface area contributed by atoms with Gasteiger partial charge in [-0.15, -0.1) is 0 Å². The molecule has 1 fully saturated rings. The van der Waals surface area contributed by atoms with E-state index in [2.05, 4.69) is 0 Å². The minimum Gasteiger partial charge on any atom is -0.399 e. The monoisotopic (exact) mass is 295 g/mol. The standard InChI is InChI=1S/C13H20BNO4.C2H6/c1-12(2)13(3,4)19-14(18-12)10-5-6-15(7-8-16)11(17)9-10;1-2/h5-6,9,16H,7-8H2,1-4H3;1-2H3. The first-order chi connectivity index (χ1) is 9.77. The van der Waals surface area contributed by atoms with Gasteiger partial charge < -0.3 is 19.0 Å². The van der Waals surface area contributed by atoms with Gasteiger partial charge in [-0.1, -0.05) is 13.8 Å². The van der Waals surface area contributed by atoms with Crippen LogP contribution in [0.25, 0.3) is 0 Å². The molecule has 0 unspecified atom stereocenters. The normalized spacial score (nSPS) is 19.1. The molecule has 0 atom stereocenters. The van der Waals surface area contributed by atoms with Crippen molar-refractivity contribution < 1.29 is 14.4 Å². The zero-order valence-electron chi connectivity index (χ0n) is 13.8. The second kappa shape index (κ2) is 6.77. The number of aromatic nitrogens is 1. The highest BCUT2D eigenvalue weighted by Crippen LogP contribution is 2.36. The van der Waals surface area contributed by atoms with Crippen LogP contribution in [0.5, 0.6) is 0 Å². The van der Waals surface area contributed by atoms with E-state index in [-0.39, 0.29) is 12.2 Å². The minimum absolute atomic E-state index is 0.0598. The van der Waals surface area contributed by atoms with Crippen LogP contribution in [0.15, 0.2) is 23.1 Å². The highest BCUT2D eigenvalue weighted by molar-refractivity contribution is 6.62. The fraction of sp³-hybridized carbons (Fsp3) is 0.667. The topological polar surface area (TPSA) is 60.7 Å². The lowest BCUT2D eigenvalue weighted by Crippen LogP contribution is -2.41. The minimum atomic E-state index is -0.526. The summed E-state index contributed by atoms with van der Waals surface area (Å²) in [7, 11) is -0.526. The number of aliphatic hydroxyl groups is 1. The van der Waals surface area contributed by atoms with Crippen molar-refractivity contribution in [1.29, 1.82) is 0 Å². The van der Waals surface area contributed by atoms with Gasteiger partial charge in [0.15, 0.2) is 0 Å². The third-order valence-corrected chi connectivity index (χ3v) is 3.89. The average Bonchev–Trinajstić information content (AvgIpc) is 2.63. The summed E-state index contributed by atoms with van der Waals surface area (Å²) in [5, 5.41) is 8.85. The van der Waals surface area contributed by atoms with Gasteiger partial charge in [0.25, 0.3) is 0 Å². The van der Waals surface area contributed by atoms with Crippen molar-refractivity contribution in [3.8, 4) is 0 Å². The molecule has 118 valence electrons. The van der Waals surface area contributed by atoms with E-state index in [9.17, 15) is 4.79 Å². The predicted octanol–water partition coefficient (Wildman–Crippen LogP) is 1.17. The third kappa shape index (κ3) is 3.76. The van der Waals surface area contributed by atoms with Gasteiger partial charge in [0.2, 0.25) is 5.56 Å². The smallest absolute Gasteiger partial charge is 0.399 e. The van der Waals surface area contributed by atoms with Gasteiger partial charge in [0.05, 0.1) is 17.8 Å². The van der Waals surface area contributed by atoms with Crippen LogP contribution in [-0.2, 0) is 15.9 Å². The van der Waals surface area contributed by atoms with Gasteiger partial charge in [-0.3, -0.25) is 4.79 Å². The van der Waals surface area contributed by atoms with Crippen molar-refractivity contribution in [2.24, 2.45) is 0 Å². The van der Waals surface area contributed by atoms with E-state index in [4.69, 9.17) is 14.4 Å². The second-order valence-electron chi connectivity index (χ2n) is 5.80. The van der Waals surface area contributed by atoms with Gasteiger partial charge in [-0.05, 0) is 39.2 Å². The first kappa shape index (κ1) is 17.9. The number of rotatable bonds is 3. The Morgan fingerprint density at radius 3 is 2.14 bits per heavy atom. The van der Waals surface area contributed by atoms with Gasteiger partial charge >= 0.3 is 7.12 Å². The summed E-state index contributed by atoms with van der Waals surface area (Å²) in [6, 6.07) is 3.29. The summed E-state index contributed by atoms with van der Waals surface area (Å²) in [5.41, 5.74) is -0.297. The third-order valence-electron chi connectivity index (χ3n) is 3.89. The van der Waals surface area contributed by atoms with Crippen molar-refractivity contribution in [2.45, 2.75) is 59.3 Å². The summed E-state index contributed by atoms with van der Waals surface area (Å²) in [6.07, 6.45) is 1.65. The molecule has 0 amide bonds. The maximum absolute atomic E-state index is 11.9. The molecular weight excluding hydrogens is 269 g/mol.